The van der Waals surface area contributed by atoms with Crippen LogP contribution in [-0.4, -0.2) is 4.98 Å². The fourth-order valence-electron chi connectivity index (χ4n) is 2.67. The highest BCUT2D eigenvalue weighted by Gasteiger charge is 2.13. The van der Waals surface area contributed by atoms with Crippen LogP contribution in [0.1, 0.15) is 16.0 Å². The molecule has 4 rings (SSSR count). The summed E-state index contributed by atoms with van der Waals surface area (Å²) in [6.45, 7) is 0. The molecule has 0 saturated heterocycles. The monoisotopic (exact) mass is 467 g/mol. The number of H-pyrrole nitrogens is 1. The number of nitrogens with one attached hydrogen (secondary N) is 1. The van der Waals surface area contributed by atoms with E-state index in [4.69, 9.17) is 0 Å². The molecule has 0 spiro atoms. The number of halogens is 2. The Morgan fingerprint density at radius 3 is 2.57 bits per heavy atom. The van der Waals surface area contributed by atoms with Crippen LogP contribution in [0, 0.1) is 2.88 Å². The average molecular weight is 468 g/mol. The number of fused-ring (bicyclic) bond motifs is 3. The number of benzene rings is 2. The molecule has 1 unspecified atom stereocenters. The standard InChI is InChI=1S/C17H11BrINS/c18-17(11-8-16(19)21-9-11)10-5-6-15-13(7-10)12-3-1-2-4-14(12)20-15/h1-9,17,20H. The van der Waals surface area contributed by atoms with Crippen molar-refractivity contribution in [3.05, 3.63) is 67.9 Å². The molecular formula is C17H11BrINS. The van der Waals surface area contributed by atoms with Crippen molar-refractivity contribution < 1.29 is 0 Å². The summed E-state index contributed by atoms with van der Waals surface area (Å²) < 4.78 is 1.32. The Bertz CT molecular complexity index is 940. The first-order chi connectivity index (χ1) is 10.2. The maximum Gasteiger partial charge on any atom is 0.0656 e. The van der Waals surface area contributed by atoms with Crippen LogP contribution < -0.4 is 0 Å². The molecule has 0 fully saturated rings. The van der Waals surface area contributed by atoms with Crippen LogP contribution in [0.2, 0.25) is 0 Å². The highest BCUT2D eigenvalue weighted by atomic mass is 127. The summed E-state index contributed by atoms with van der Waals surface area (Å²) in [4.78, 5) is 3.72. The molecule has 0 aliphatic heterocycles. The van der Waals surface area contributed by atoms with Gasteiger partial charge in [0.05, 0.1) is 7.71 Å². The zero-order chi connectivity index (χ0) is 14.4. The van der Waals surface area contributed by atoms with E-state index in [1.54, 1.807) is 11.3 Å². The van der Waals surface area contributed by atoms with Gasteiger partial charge in [0.15, 0.2) is 0 Å². The Labute approximate surface area is 148 Å². The van der Waals surface area contributed by atoms with E-state index in [0.29, 0.717) is 0 Å². The molecule has 0 saturated carbocycles. The zero-order valence-electron chi connectivity index (χ0n) is 10.9. The van der Waals surface area contributed by atoms with E-state index in [0.717, 1.165) is 0 Å². The van der Waals surface area contributed by atoms with Crippen molar-refractivity contribution in [2.45, 2.75) is 4.83 Å². The topological polar surface area (TPSA) is 15.8 Å². The summed E-state index contributed by atoms with van der Waals surface area (Å²) in [7, 11) is 0. The van der Waals surface area contributed by atoms with E-state index in [2.05, 4.69) is 97.4 Å². The van der Waals surface area contributed by atoms with Gasteiger partial charge in [-0.3, -0.25) is 0 Å². The first-order valence-electron chi connectivity index (χ1n) is 6.61. The first kappa shape index (κ1) is 13.8. The number of alkyl halides is 1. The van der Waals surface area contributed by atoms with Gasteiger partial charge in [-0.1, -0.05) is 40.2 Å². The van der Waals surface area contributed by atoms with Gasteiger partial charge >= 0.3 is 0 Å². The number of aromatic nitrogens is 1. The molecule has 4 aromatic rings. The highest BCUT2D eigenvalue weighted by Crippen LogP contribution is 2.36. The second-order valence-corrected chi connectivity index (χ2v) is 8.74. The molecule has 1 N–H and O–H groups in total. The van der Waals surface area contributed by atoms with Crippen LogP contribution in [0.4, 0.5) is 0 Å². The van der Waals surface area contributed by atoms with E-state index in [-0.39, 0.29) is 4.83 Å². The lowest BCUT2D eigenvalue weighted by Gasteiger charge is -2.08. The van der Waals surface area contributed by atoms with Crippen molar-refractivity contribution in [3.8, 4) is 0 Å². The summed E-state index contributed by atoms with van der Waals surface area (Å²) in [6, 6.07) is 17.4. The number of rotatable bonds is 2. The molecule has 1 nitrogen and oxygen atoms in total. The number of hydrogen-bond donors (Lipinski definition) is 1. The Kier molecular flexibility index (Phi) is 3.55. The number of para-hydroxylation sites is 1. The molecule has 0 amide bonds. The lowest BCUT2D eigenvalue weighted by molar-refractivity contribution is 1.20. The third kappa shape index (κ3) is 2.43. The molecule has 21 heavy (non-hydrogen) atoms. The molecule has 0 aliphatic rings. The van der Waals surface area contributed by atoms with Crippen LogP contribution in [0.15, 0.2) is 53.9 Å². The van der Waals surface area contributed by atoms with Crippen LogP contribution >= 0.6 is 49.9 Å². The van der Waals surface area contributed by atoms with Gasteiger partial charge in [0.1, 0.15) is 0 Å². The second-order valence-electron chi connectivity index (χ2n) is 5.02. The van der Waals surface area contributed by atoms with Gasteiger partial charge in [-0.2, -0.15) is 0 Å². The minimum Gasteiger partial charge on any atom is -0.355 e. The normalized spacial score (nSPS) is 13.0. The molecule has 1 atom stereocenters. The van der Waals surface area contributed by atoms with Crippen molar-refractivity contribution >= 4 is 71.7 Å². The largest absolute Gasteiger partial charge is 0.355 e. The van der Waals surface area contributed by atoms with Crippen molar-refractivity contribution in [2.24, 2.45) is 0 Å². The SMILES string of the molecule is BrC(c1csc(I)c1)c1ccc2[nH]c3ccccc3c2c1. The van der Waals surface area contributed by atoms with E-state index >= 15 is 0 Å². The maximum absolute atomic E-state index is 3.84. The predicted molar refractivity (Wildman–Crippen MR) is 104 cm³/mol. The van der Waals surface area contributed by atoms with Gasteiger partial charge in [0, 0.05) is 21.8 Å². The second kappa shape index (κ2) is 5.41. The molecule has 104 valence electrons. The summed E-state index contributed by atoms with van der Waals surface area (Å²) in [6.07, 6.45) is 0. The smallest absolute Gasteiger partial charge is 0.0656 e. The summed E-state index contributed by atoms with van der Waals surface area (Å²) in [5.41, 5.74) is 5.01. The molecule has 0 aliphatic carbocycles. The minimum absolute atomic E-state index is 0.246. The van der Waals surface area contributed by atoms with E-state index in [1.807, 2.05) is 0 Å². The maximum atomic E-state index is 3.84. The van der Waals surface area contributed by atoms with Gasteiger partial charge in [0.2, 0.25) is 0 Å². The Morgan fingerprint density at radius 2 is 1.76 bits per heavy atom. The van der Waals surface area contributed by atoms with Gasteiger partial charge in [-0.05, 0) is 63.4 Å². The van der Waals surface area contributed by atoms with E-state index in [1.165, 1.54) is 35.8 Å². The number of hydrogen-bond acceptors (Lipinski definition) is 1. The molecule has 4 heteroatoms. The van der Waals surface area contributed by atoms with Crippen LogP contribution in [-0.2, 0) is 0 Å². The van der Waals surface area contributed by atoms with Gasteiger partial charge in [-0.15, -0.1) is 11.3 Å². The van der Waals surface area contributed by atoms with E-state index < -0.39 is 0 Å². The number of thiophene rings is 1. The summed E-state index contributed by atoms with van der Waals surface area (Å²) in [5.74, 6) is 0. The van der Waals surface area contributed by atoms with Crippen molar-refractivity contribution in [3.63, 3.8) is 0 Å². The van der Waals surface area contributed by atoms with Gasteiger partial charge < -0.3 is 4.98 Å². The fraction of sp³-hybridized carbons (Fsp3) is 0.0588. The zero-order valence-corrected chi connectivity index (χ0v) is 15.5. The lowest BCUT2D eigenvalue weighted by Crippen LogP contribution is -1.90. The summed E-state index contributed by atoms with van der Waals surface area (Å²) in [5, 5.41) is 4.80. The third-order valence-electron chi connectivity index (χ3n) is 3.70. The van der Waals surface area contributed by atoms with Crippen molar-refractivity contribution in [1.29, 1.82) is 0 Å². The Hall–Kier alpha value is -0.850. The molecular weight excluding hydrogens is 457 g/mol. The average Bonchev–Trinajstić information content (AvgIpc) is 3.09. The van der Waals surface area contributed by atoms with Crippen LogP contribution in [0.25, 0.3) is 21.8 Å². The highest BCUT2D eigenvalue weighted by molar-refractivity contribution is 14.1. The summed E-state index contributed by atoms with van der Waals surface area (Å²) >= 11 is 8.00. The molecule has 2 heterocycles. The van der Waals surface area contributed by atoms with Crippen molar-refractivity contribution in [2.75, 3.05) is 0 Å². The first-order valence-corrected chi connectivity index (χ1v) is 9.48. The van der Waals surface area contributed by atoms with Gasteiger partial charge in [0.25, 0.3) is 0 Å². The van der Waals surface area contributed by atoms with Crippen LogP contribution in [0.3, 0.4) is 0 Å². The predicted octanol–water partition coefficient (Wildman–Crippen LogP) is 6.47. The number of aromatic amines is 1. The fourth-order valence-corrected chi connectivity index (χ4v) is 4.79. The molecule has 0 bridgehead atoms. The van der Waals surface area contributed by atoms with E-state index in [9.17, 15) is 0 Å². The molecule has 2 aromatic heterocycles. The van der Waals surface area contributed by atoms with Gasteiger partial charge in [-0.25, -0.2) is 0 Å². The minimum atomic E-state index is 0.246. The molecule has 2 aromatic carbocycles. The Balaban J connectivity index is 1.88. The van der Waals surface area contributed by atoms with Crippen LogP contribution in [0.5, 0.6) is 0 Å². The Morgan fingerprint density at radius 1 is 0.952 bits per heavy atom. The third-order valence-corrected chi connectivity index (χ3v) is 6.57. The lowest BCUT2D eigenvalue weighted by atomic mass is 10.0. The quantitative estimate of drug-likeness (QED) is 0.257. The molecule has 0 radical (unpaired) electrons. The van der Waals surface area contributed by atoms with Crippen molar-refractivity contribution in [1.82, 2.24) is 4.98 Å².